The largest absolute Gasteiger partial charge is 0.481 e. The van der Waals surface area contributed by atoms with Gasteiger partial charge in [-0.3, -0.25) is 19.8 Å². The molecule has 1 aliphatic heterocycles. The van der Waals surface area contributed by atoms with E-state index >= 15 is 0 Å². The lowest BCUT2D eigenvalue weighted by Crippen LogP contribution is -2.49. The van der Waals surface area contributed by atoms with Crippen LogP contribution in [0.2, 0.25) is 0 Å². The monoisotopic (exact) mass is 259 g/mol. The second-order valence-electron chi connectivity index (χ2n) is 3.95. The molecule has 0 radical (unpaired) electrons. The summed E-state index contributed by atoms with van der Waals surface area (Å²) in [7, 11) is 1.42. The molecule has 8 heteroatoms. The smallest absolute Gasteiger partial charge is 0.321 e. The van der Waals surface area contributed by atoms with E-state index in [2.05, 4.69) is 10.6 Å². The molecule has 1 fully saturated rings. The van der Waals surface area contributed by atoms with Crippen LogP contribution in [0.4, 0.5) is 4.79 Å². The Balaban J connectivity index is 2.35. The summed E-state index contributed by atoms with van der Waals surface area (Å²) in [5.41, 5.74) is 0. The number of amides is 3. The highest BCUT2D eigenvalue weighted by Crippen LogP contribution is 2.08. The van der Waals surface area contributed by atoms with E-state index in [0.29, 0.717) is 19.7 Å². The maximum atomic E-state index is 11.4. The van der Waals surface area contributed by atoms with Gasteiger partial charge in [-0.05, 0) is 0 Å². The number of carbonyl (C=O) groups is 3. The van der Waals surface area contributed by atoms with E-state index < -0.39 is 24.0 Å². The molecular weight excluding hydrogens is 242 g/mol. The van der Waals surface area contributed by atoms with Crippen LogP contribution >= 0.6 is 0 Å². The number of carboxylic acids is 1. The molecule has 1 atom stereocenters. The van der Waals surface area contributed by atoms with Crippen molar-refractivity contribution < 1.29 is 24.2 Å². The maximum absolute atomic E-state index is 11.4. The van der Waals surface area contributed by atoms with Crippen LogP contribution in [-0.2, 0) is 14.3 Å². The van der Waals surface area contributed by atoms with Crippen LogP contribution in [-0.4, -0.2) is 67.3 Å². The normalized spacial score (nSPS) is 20.2. The quantitative estimate of drug-likeness (QED) is 0.574. The van der Waals surface area contributed by atoms with Gasteiger partial charge in [0.2, 0.25) is 5.91 Å². The average molecular weight is 259 g/mol. The van der Waals surface area contributed by atoms with E-state index in [0.717, 1.165) is 0 Å². The molecule has 1 heterocycles. The molecular formula is C10H17N3O5. The van der Waals surface area contributed by atoms with E-state index in [1.807, 2.05) is 0 Å². The van der Waals surface area contributed by atoms with Gasteiger partial charge in [0.15, 0.2) is 0 Å². The number of rotatable bonds is 4. The molecule has 3 N–H and O–H groups in total. The number of morpholine rings is 1. The van der Waals surface area contributed by atoms with Crippen molar-refractivity contribution in [2.75, 3.05) is 33.3 Å². The number of carboxylic acid groups (broad SMARTS) is 1. The zero-order valence-corrected chi connectivity index (χ0v) is 10.1. The van der Waals surface area contributed by atoms with Crippen molar-refractivity contribution in [3.8, 4) is 0 Å². The summed E-state index contributed by atoms with van der Waals surface area (Å²) in [5.74, 6) is -1.36. The number of urea groups is 1. The number of aliphatic carboxylic acids is 1. The SMILES string of the molecule is CNC(=O)NC(=O)CN1CCOC(CC(=O)O)C1. The lowest BCUT2D eigenvalue weighted by Gasteiger charge is -2.31. The van der Waals surface area contributed by atoms with Crippen LogP contribution < -0.4 is 10.6 Å². The molecule has 1 unspecified atom stereocenters. The molecule has 0 bridgehead atoms. The van der Waals surface area contributed by atoms with Crippen molar-refractivity contribution in [3.05, 3.63) is 0 Å². The molecule has 0 aliphatic carbocycles. The number of ether oxygens (including phenoxy) is 1. The Bertz CT molecular complexity index is 333. The van der Waals surface area contributed by atoms with Crippen LogP contribution in [0.15, 0.2) is 0 Å². The van der Waals surface area contributed by atoms with Crippen molar-refractivity contribution in [2.24, 2.45) is 0 Å². The van der Waals surface area contributed by atoms with Crippen molar-refractivity contribution in [2.45, 2.75) is 12.5 Å². The molecule has 8 nitrogen and oxygen atoms in total. The van der Waals surface area contributed by atoms with Crippen molar-refractivity contribution in [1.82, 2.24) is 15.5 Å². The third-order valence-corrected chi connectivity index (χ3v) is 2.47. The van der Waals surface area contributed by atoms with Gasteiger partial charge in [-0.2, -0.15) is 0 Å². The summed E-state index contributed by atoms with van der Waals surface area (Å²) >= 11 is 0. The fourth-order valence-electron chi connectivity index (χ4n) is 1.67. The number of nitrogens with zero attached hydrogens (tertiary/aromatic N) is 1. The fraction of sp³-hybridized carbons (Fsp3) is 0.700. The minimum absolute atomic E-state index is 0.0485. The maximum Gasteiger partial charge on any atom is 0.321 e. The Morgan fingerprint density at radius 1 is 1.44 bits per heavy atom. The van der Waals surface area contributed by atoms with Crippen molar-refractivity contribution in [3.63, 3.8) is 0 Å². The van der Waals surface area contributed by atoms with E-state index in [1.54, 1.807) is 4.90 Å². The second-order valence-corrected chi connectivity index (χ2v) is 3.95. The van der Waals surface area contributed by atoms with E-state index in [1.165, 1.54) is 7.05 Å². The van der Waals surface area contributed by atoms with E-state index in [4.69, 9.17) is 9.84 Å². The predicted octanol–water partition coefficient (Wildman–Crippen LogP) is -1.38. The van der Waals surface area contributed by atoms with E-state index in [9.17, 15) is 14.4 Å². The molecule has 1 saturated heterocycles. The molecule has 0 saturated carbocycles. The number of nitrogens with one attached hydrogen (secondary N) is 2. The number of hydrogen-bond acceptors (Lipinski definition) is 5. The van der Waals surface area contributed by atoms with Crippen molar-refractivity contribution in [1.29, 1.82) is 0 Å². The van der Waals surface area contributed by atoms with Gasteiger partial charge in [-0.25, -0.2) is 4.79 Å². The lowest BCUT2D eigenvalue weighted by atomic mass is 10.2. The van der Waals surface area contributed by atoms with Crippen LogP contribution in [0.5, 0.6) is 0 Å². The molecule has 0 aromatic carbocycles. The Morgan fingerprint density at radius 3 is 2.78 bits per heavy atom. The zero-order chi connectivity index (χ0) is 13.5. The summed E-state index contributed by atoms with van der Waals surface area (Å²) in [5, 5.41) is 13.1. The van der Waals surface area contributed by atoms with Crippen LogP contribution in [0, 0.1) is 0 Å². The topological polar surface area (TPSA) is 108 Å². The molecule has 3 amide bonds. The molecule has 0 aromatic rings. The van der Waals surface area contributed by atoms with Gasteiger partial charge in [0.05, 0.1) is 25.7 Å². The summed E-state index contributed by atoms with van der Waals surface area (Å²) in [6.45, 7) is 1.34. The molecule has 102 valence electrons. The standard InChI is InChI=1S/C10H17N3O5/c1-11-10(17)12-8(14)6-13-2-3-18-7(5-13)4-9(15)16/h7H,2-6H2,1H3,(H,15,16)(H2,11,12,14,17). The first-order valence-corrected chi connectivity index (χ1v) is 5.58. The Labute approximate surface area is 104 Å². The van der Waals surface area contributed by atoms with Gasteiger partial charge in [-0.15, -0.1) is 0 Å². The third kappa shape index (κ3) is 5.11. The van der Waals surface area contributed by atoms with Gasteiger partial charge >= 0.3 is 12.0 Å². The second kappa shape index (κ2) is 6.92. The highest BCUT2D eigenvalue weighted by molar-refractivity contribution is 5.95. The van der Waals surface area contributed by atoms with Gasteiger partial charge < -0.3 is 15.2 Å². The average Bonchev–Trinajstić information content (AvgIpc) is 2.28. The zero-order valence-electron chi connectivity index (χ0n) is 10.1. The van der Waals surface area contributed by atoms with E-state index in [-0.39, 0.29) is 13.0 Å². The third-order valence-electron chi connectivity index (χ3n) is 2.47. The molecule has 1 rings (SSSR count). The summed E-state index contributed by atoms with van der Waals surface area (Å²) < 4.78 is 5.27. The summed E-state index contributed by atoms with van der Waals surface area (Å²) in [6, 6.07) is -0.560. The first-order chi connectivity index (χ1) is 8.51. The minimum atomic E-state index is -0.934. The van der Waals surface area contributed by atoms with Crippen LogP contribution in [0.1, 0.15) is 6.42 Å². The highest BCUT2D eigenvalue weighted by atomic mass is 16.5. The first kappa shape index (κ1) is 14.4. The van der Waals surface area contributed by atoms with Gasteiger partial charge in [0, 0.05) is 20.1 Å². The lowest BCUT2D eigenvalue weighted by molar-refractivity contribution is -0.142. The number of hydrogen-bond donors (Lipinski definition) is 3. The van der Waals surface area contributed by atoms with Crippen LogP contribution in [0.25, 0.3) is 0 Å². The first-order valence-electron chi connectivity index (χ1n) is 5.58. The summed E-state index contributed by atoms with van der Waals surface area (Å²) in [6.07, 6.45) is -0.503. The Hall–Kier alpha value is -1.67. The number of imide groups is 1. The molecule has 0 spiro atoms. The Kier molecular flexibility index (Phi) is 5.53. The molecule has 18 heavy (non-hydrogen) atoms. The molecule has 1 aliphatic rings. The predicted molar refractivity (Wildman–Crippen MR) is 61.0 cm³/mol. The number of carbonyl (C=O) groups excluding carboxylic acids is 2. The van der Waals surface area contributed by atoms with Crippen molar-refractivity contribution >= 4 is 17.9 Å². The summed E-state index contributed by atoms with van der Waals surface area (Å²) in [4.78, 5) is 34.7. The van der Waals surface area contributed by atoms with Gasteiger partial charge in [0.25, 0.3) is 0 Å². The van der Waals surface area contributed by atoms with Gasteiger partial charge in [0.1, 0.15) is 0 Å². The van der Waals surface area contributed by atoms with Crippen LogP contribution in [0.3, 0.4) is 0 Å². The highest BCUT2D eigenvalue weighted by Gasteiger charge is 2.24. The fourth-order valence-corrected chi connectivity index (χ4v) is 1.67. The molecule has 0 aromatic heterocycles. The van der Waals surface area contributed by atoms with Gasteiger partial charge in [-0.1, -0.05) is 0 Å². The Morgan fingerprint density at radius 2 is 2.17 bits per heavy atom. The minimum Gasteiger partial charge on any atom is -0.481 e.